The summed E-state index contributed by atoms with van der Waals surface area (Å²) < 4.78 is 27.3. The van der Waals surface area contributed by atoms with Crippen molar-refractivity contribution in [1.29, 1.82) is 0 Å². The Hall–Kier alpha value is -2.39. The predicted molar refractivity (Wildman–Crippen MR) is 143 cm³/mol. The van der Waals surface area contributed by atoms with E-state index in [2.05, 4.69) is 21.2 Å². The van der Waals surface area contributed by atoms with Crippen molar-refractivity contribution >= 4 is 43.5 Å². The molecule has 1 N–H and O–H groups in total. The fourth-order valence-electron chi connectivity index (χ4n) is 4.27. The van der Waals surface area contributed by atoms with E-state index in [1.54, 1.807) is 19.1 Å². The summed E-state index contributed by atoms with van der Waals surface area (Å²) in [5.74, 6) is -0.660. The zero-order chi connectivity index (χ0) is 25.6. The lowest BCUT2D eigenvalue weighted by Crippen LogP contribution is -2.52. The Morgan fingerprint density at radius 3 is 2.14 bits per heavy atom. The molecule has 0 unspecified atom stereocenters. The van der Waals surface area contributed by atoms with Gasteiger partial charge in [0.15, 0.2) is 0 Å². The fourth-order valence-corrected chi connectivity index (χ4v) is 5.39. The van der Waals surface area contributed by atoms with Crippen LogP contribution >= 0.6 is 15.9 Å². The topological polar surface area (TPSA) is 86.8 Å². The minimum absolute atomic E-state index is 0.124. The van der Waals surface area contributed by atoms with Crippen molar-refractivity contribution < 1.29 is 18.0 Å². The number of carbonyl (C=O) groups is 2. The molecule has 9 heteroatoms. The number of nitrogens with zero attached hydrogens (tertiary/aromatic N) is 2. The van der Waals surface area contributed by atoms with Crippen LogP contribution in [-0.4, -0.2) is 50.0 Å². The summed E-state index contributed by atoms with van der Waals surface area (Å²) in [6.45, 7) is 3.52. The van der Waals surface area contributed by atoms with Crippen molar-refractivity contribution in [3.63, 3.8) is 0 Å². The molecule has 7 nitrogen and oxygen atoms in total. The molecule has 2 aromatic carbocycles. The third-order valence-electron chi connectivity index (χ3n) is 6.45. The van der Waals surface area contributed by atoms with Gasteiger partial charge in [-0.15, -0.1) is 0 Å². The van der Waals surface area contributed by atoms with Gasteiger partial charge in [-0.05, 0) is 61.6 Å². The Morgan fingerprint density at radius 1 is 1.03 bits per heavy atom. The average molecular weight is 565 g/mol. The molecule has 0 aliphatic heterocycles. The first-order valence-corrected chi connectivity index (χ1v) is 14.6. The molecular formula is C26H34BrN3O4S. The second kappa shape index (κ2) is 12.0. The third kappa shape index (κ3) is 7.54. The van der Waals surface area contributed by atoms with Crippen molar-refractivity contribution in [2.24, 2.45) is 0 Å². The second-order valence-corrected chi connectivity index (χ2v) is 11.9. The molecule has 1 aliphatic carbocycles. The highest BCUT2D eigenvalue weighted by Crippen LogP contribution is 2.22. The molecule has 3 rings (SSSR count). The van der Waals surface area contributed by atoms with E-state index in [0.29, 0.717) is 5.69 Å². The van der Waals surface area contributed by atoms with Crippen LogP contribution in [0.5, 0.6) is 0 Å². The number of amides is 2. The van der Waals surface area contributed by atoms with Crippen molar-refractivity contribution in [3.8, 4) is 0 Å². The maximum Gasteiger partial charge on any atom is 0.244 e. The van der Waals surface area contributed by atoms with Gasteiger partial charge in [0.1, 0.15) is 12.6 Å². The largest absolute Gasteiger partial charge is 0.352 e. The van der Waals surface area contributed by atoms with Crippen LogP contribution in [0.4, 0.5) is 5.69 Å². The first-order valence-electron chi connectivity index (χ1n) is 12.0. The molecule has 190 valence electrons. The molecule has 1 saturated carbocycles. The minimum atomic E-state index is -3.73. The Kier molecular flexibility index (Phi) is 9.35. The number of aryl methyl sites for hydroxylation is 1. The Bertz CT molecular complexity index is 1110. The summed E-state index contributed by atoms with van der Waals surface area (Å²) >= 11 is 3.41. The van der Waals surface area contributed by atoms with Crippen LogP contribution in [0.3, 0.4) is 0 Å². The minimum Gasteiger partial charge on any atom is -0.352 e. The quantitative estimate of drug-likeness (QED) is 0.468. The van der Waals surface area contributed by atoms with E-state index < -0.39 is 22.0 Å². The van der Waals surface area contributed by atoms with E-state index in [4.69, 9.17) is 0 Å². The molecule has 0 heterocycles. The van der Waals surface area contributed by atoms with E-state index in [9.17, 15) is 18.0 Å². The fraction of sp³-hybridized carbons (Fsp3) is 0.462. The maximum atomic E-state index is 13.6. The van der Waals surface area contributed by atoms with Crippen LogP contribution in [-0.2, 0) is 32.6 Å². The summed E-state index contributed by atoms with van der Waals surface area (Å²) in [5, 5.41) is 3.06. The zero-order valence-corrected chi connectivity index (χ0v) is 22.9. The summed E-state index contributed by atoms with van der Waals surface area (Å²) in [6.07, 6.45) is 5.96. The summed E-state index contributed by atoms with van der Waals surface area (Å²) in [4.78, 5) is 28.1. The van der Waals surface area contributed by atoms with Gasteiger partial charge in [-0.25, -0.2) is 8.42 Å². The van der Waals surface area contributed by atoms with Crippen molar-refractivity contribution in [1.82, 2.24) is 10.2 Å². The first-order chi connectivity index (χ1) is 16.6. The van der Waals surface area contributed by atoms with Crippen LogP contribution < -0.4 is 9.62 Å². The molecule has 0 saturated heterocycles. The highest BCUT2D eigenvalue weighted by atomic mass is 79.9. The molecule has 1 aliphatic rings. The Labute approximate surface area is 217 Å². The predicted octanol–water partition coefficient (Wildman–Crippen LogP) is 4.25. The highest BCUT2D eigenvalue weighted by Gasteiger charge is 2.31. The molecule has 35 heavy (non-hydrogen) atoms. The molecular weight excluding hydrogens is 530 g/mol. The van der Waals surface area contributed by atoms with E-state index in [0.717, 1.165) is 58.3 Å². The van der Waals surface area contributed by atoms with E-state index in [1.807, 2.05) is 43.3 Å². The van der Waals surface area contributed by atoms with Crippen LogP contribution in [0.25, 0.3) is 0 Å². The summed E-state index contributed by atoms with van der Waals surface area (Å²) in [6, 6.07) is 14.0. The lowest BCUT2D eigenvalue weighted by Gasteiger charge is -2.32. The van der Waals surface area contributed by atoms with Gasteiger partial charge in [0.2, 0.25) is 21.8 Å². The van der Waals surface area contributed by atoms with Crippen LogP contribution in [0.2, 0.25) is 0 Å². The zero-order valence-electron chi connectivity index (χ0n) is 20.5. The smallest absolute Gasteiger partial charge is 0.244 e. The molecule has 0 spiro atoms. The molecule has 1 atom stereocenters. The molecule has 0 aromatic heterocycles. The maximum absolute atomic E-state index is 13.6. The van der Waals surface area contributed by atoms with Gasteiger partial charge < -0.3 is 10.2 Å². The van der Waals surface area contributed by atoms with Gasteiger partial charge in [-0.3, -0.25) is 13.9 Å². The SMILES string of the molecule is CCc1ccc(N(CC(=O)N(Cc2ccc(Br)cc2)[C@H](C)C(=O)NC2CCCC2)S(C)(=O)=O)cc1. The molecule has 0 bridgehead atoms. The van der Waals surface area contributed by atoms with Gasteiger partial charge >= 0.3 is 0 Å². The van der Waals surface area contributed by atoms with Crippen LogP contribution in [0.15, 0.2) is 53.0 Å². The third-order valence-corrected chi connectivity index (χ3v) is 8.12. The summed E-state index contributed by atoms with van der Waals surface area (Å²) in [7, 11) is -3.73. The molecule has 1 fully saturated rings. The normalized spacial score (nSPS) is 15.0. The van der Waals surface area contributed by atoms with Gasteiger partial charge in [0.05, 0.1) is 11.9 Å². The molecule has 2 aromatic rings. The lowest BCUT2D eigenvalue weighted by molar-refractivity contribution is -0.139. The number of carbonyl (C=O) groups excluding carboxylic acids is 2. The average Bonchev–Trinajstić information content (AvgIpc) is 3.34. The number of nitrogens with one attached hydrogen (secondary N) is 1. The summed E-state index contributed by atoms with van der Waals surface area (Å²) in [5.41, 5.74) is 2.34. The van der Waals surface area contributed by atoms with E-state index in [1.165, 1.54) is 4.90 Å². The van der Waals surface area contributed by atoms with Gasteiger partial charge in [-0.1, -0.05) is 60.0 Å². The number of sulfonamides is 1. The van der Waals surface area contributed by atoms with Crippen molar-refractivity contribution in [2.75, 3.05) is 17.1 Å². The van der Waals surface area contributed by atoms with Gasteiger partial charge in [-0.2, -0.15) is 0 Å². The standard InChI is InChI=1S/C26H34BrN3O4S/c1-4-20-11-15-24(16-12-20)30(35(3,33)34)18-25(31)29(17-21-9-13-22(27)14-10-21)19(2)26(32)28-23-7-5-6-8-23/h9-16,19,23H,4-8,17-18H2,1-3H3,(H,28,32)/t19-/m1/s1. The van der Waals surface area contributed by atoms with Crippen LogP contribution in [0, 0.1) is 0 Å². The second-order valence-electron chi connectivity index (χ2n) is 9.10. The van der Waals surface area contributed by atoms with Crippen LogP contribution in [0.1, 0.15) is 50.7 Å². The van der Waals surface area contributed by atoms with Gasteiger partial charge in [0, 0.05) is 17.1 Å². The molecule has 0 radical (unpaired) electrons. The van der Waals surface area contributed by atoms with E-state index >= 15 is 0 Å². The number of rotatable bonds is 10. The Balaban J connectivity index is 1.86. The molecule has 2 amide bonds. The number of halogens is 1. The number of hydrogen-bond donors (Lipinski definition) is 1. The van der Waals surface area contributed by atoms with Gasteiger partial charge in [0.25, 0.3) is 0 Å². The number of anilines is 1. The van der Waals surface area contributed by atoms with Crippen molar-refractivity contribution in [2.45, 2.75) is 64.6 Å². The first kappa shape index (κ1) is 27.2. The van der Waals surface area contributed by atoms with E-state index in [-0.39, 0.29) is 25.0 Å². The monoisotopic (exact) mass is 563 g/mol. The van der Waals surface area contributed by atoms with Crippen molar-refractivity contribution in [3.05, 3.63) is 64.1 Å². The Morgan fingerprint density at radius 2 is 1.60 bits per heavy atom. The lowest BCUT2D eigenvalue weighted by atomic mass is 10.1. The highest BCUT2D eigenvalue weighted by molar-refractivity contribution is 9.10. The number of hydrogen-bond acceptors (Lipinski definition) is 4. The number of benzene rings is 2.